The smallest absolute Gasteiger partial charge is 0.259 e. The summed E-state index contributed by atoms with van der Waals surface area (Å²) in [4.78, 5) is 14.1. The number of nitrogen functional groups attached to an aromatic ring is 1. The summed E-state index contributed by atoms with van der Waals surface area (Å²) < 4.78 is 1.69. The molecule has 0 bridgehead atoms. The molecule has 1 aliphatic rings. The molecule has 0 spiro atoms. The minimum absolute atomic E-state index is 0.0223. The van der Waals surface area contributed by atoms with Gasteiger partial charge in [-0.3, -0.25) is 4.79 Å². The number of rotatable bonds is 2. The quantitative estimate of drug-likeness (QED) is 0.849. The van der Waals surface area contributed by atoms with E-state index in [1.54, 1.807) is 10.9 Å². The first-order chi connectivity index (χ1) is 8.11. The number of piperidine rings is 1. The van der Waals surface area contributed by atoms with Gasteiger partial charge in [0, 0.05) is 19.1 Å². The highest BCUT2D eigenvalue weighted by Crippen LogP contribution is 2.19. The Kier molecular flexibility index (Phi) is 3.36. The van der Waals surface area contributed by atoms with Crippen molar-refractivity contribution in [2.24, 2.45) is 0 Å². The Balaban J connectivity index is 2.19. The Morgan fingerprint density at radius 1 is 1.35 bits per heavy atom. The van der Waals surface area contributed by atoms with E-state index in [0.717, 1.165) is 25.9 Å². The lowest BCUT2D eigenvalue weighted by Crippen LogP contribution is -2.35. The topological polar surface area (TPSA) is 64.2 Å². The van der Waals surface area contributed by atoms with Gasteiger partial charge in [0.2, 0.25) is 0 Å². The van der Waals surface area contributed by atoms with Crippen LogP contribution in [-0.4, -0.2) is 33.7 Å². The highest BCUT2D eigenvalue weighted by atomic mass is 16.2. The number of anilines is 1. The van der Waals surface area contributed by atoms with Crippen molar-refractivity contribution in [1.82, 2.24) is 14.7 Å². The number of nitrogens with zero attached hydrogens (tertiary/aromatic N) is 3. The zero-order chi connectivity index (χ0) is 12.4. The zero-order valence-electron chi connectivity index (χ0n) is 10.5. The van der Waals surface area contributed by atoms with E-state index in [9.17, 15) is 4.79 Å². The second-order valence-corrected chi connectivity index (χ2v) is 4.83. The average Bonchev–Trinajstić information content (AvgIpc) is 2.71. The number of amides is 1. The molecule has 1 aromatic heterocycles. The fourth-order valence-electron chi connectivity index (χ4n) is 2.22. The number of hydrogen-bond donors (Lipinski definition) is 1. The van der Waals surface area contributed by atoms with Gasteiger partial charge < -0.3 is 10.6 Å². The van der Waals surface area contributed by atoms with Crippen molar-refractivity contribution in [3.8, 4) is 0 Å². The molecule has 5 nitrogen and oxygen atoms in total. The summed E-state index contributed by atoms with van der Waals surface area (Å²) in [5, 5.41) is 4.18. The van der Waals surface area contributed by atoms with Crippen molar-refractivity contribution in [2.45, 2.75) is 39.2 Å². The van der Waals surface area contributed by atoms with Gasteiger partial charge in [-0.05, 0) is 33.1 Å². The molecule has 2 heterocycles. The van der Waals surface area contributed by atoms with Crippen LogP contribution in [0.1, 0.15) is 49.5 Å². The first kappa shape index (κ1) is 12.0. The number of carbonyl (C=O) groups is 1. The Hall–Kier alpha value is -1.52. The van der Waals surface area contributed by atoms with Crippen molar-refractivity contribution >= 4 is 11.7 Å². The van der Waals surface area contributed by atoms with Crippen LogP contribution in [0.5, 0.6) is 0 Å². The van der Waals surface area contributed by atoms with Gasteiger partial charge in [-0.15, -0.1) is 0 Å². The van der Waals surface area contributed by atoms with Gasteiger partial charge in [-0.25, -0.2) is 4.68 Å². The van der Waals surface area contributed by atoms with E-state index >= 15 is 0 Å². The average molecular weight is 236 g/mol. The fourth-order valence-corrected chi connectivity index (χ4v) is 2.22. The predicted molar refractivity (Wildman–Crippen MR) is 66.8 cm³/mol. The van der Waals surface area contributed by atoms with Gasteiger partial charge >= 0.3 is 0 Å². The summed E-state index contributed by atoms with van der Waals surface area (Å²) in [6.45, 7) is 5.67. The number of nitrogens with two attached hydrogens (primary N) is 1. The second kappa shape index (κ2) is 4.77. The Bertz CT molecular complexity index is 405. The van der Waals surface area contributed by atoms with Crippen molar-refractivity contribution in [3.05, 3.63) is 11.8 Å². The molecule has 0 atom stereocenters. The summed E-state index contributed by atoms with van der Waals surface area (Å²) in [7, 11) is 0. The Morgan fingerprint density at radius 2 is 2.00 bits per heavy atom. The molecule has 1 fully saturated rings. The highest BCUT2D eigenvalue weighted by molar-refractivity contribution is 5.98. The SMILES string of the molecule is CC(C)n1ncc(C(=O)N2CCCCC2)c1N. The van der Waals surface area contributed by atoms with E-state index in [1.807, 2.05) is 18.7 Å². The highest BCUT2D eigenvalue weighted by Gasteiger charge is 2.23. The molecule has 1 amide bonds. The summed E-state index contributed by atoms with van der Waals surface area (Å²) >= 11 is 0. The van der Waals surface area contributed by atoms with Crippen molar-refractivity contribution < 1.29 is 4.79 Å². The van der Waals surface area contributed by atoms with Gasteiger partial charge in [-0.1, -0.05) is 0 Å². The molecular formula is C12H20N4O. The van der Waals surface area contributed by atoms with Gasteiger partial charge in [0.05, 0.1) is 6.20 Å². The molecule has 2 N–H and O–H groups in total. The molecule has 1 saturated heterocycles. The second-order valence-electron chi connectivity index (χ2n) is 4.83. The van der Waals surface area contributed by atoms with Crippen molar-refractivity contribution in [3.63, 3.8) is 0 Å². The van der Waals surface area contributed by atoms with Gasteiger partial charge in [-0.2, -0.15) is 5.10 Å². The maximum atomic E-state index is 12.2. The summed E-state index contributed by atoms with van der Waals surface area (Å²) in [6.07, 6.45) is 4.98. The maximum absolute atomic E-state index is 12.2. The lowest BCUT2D eigenvalue weighted by Gasteiger charge is -2.26. The van der Waals surface area contributed by atoms with E-state index < -0.39 is 0 Å². The van der Waals surface area contributed by atoms with Crippen molar-refractivity contribution in [2.75, 3.05) is 18.8 Å². The minimum Gasteiger partial charge on any atom is -0.383 e. The lowest BCUT2D eigenvalue weighted by atomic mass is 10.1. The molecule has 2 rings (SSSR count). The standard InChI is InChI=1S/C12H20N4O/c1-9(2)16-11(13)10(8-14-16)12(17)15-6-4-3-5-7-15/h8-9H,3-7,13H2,1-2H3. The summed E-state index contributed by atoms with van der Waals surface area (Å²) in [5.41, 5.74) is 6.51. The first-order valence-electron chi connectivity index (χ1n) is 6.23. The van der Waals surface area contributed by atoms with Crippen LogP contribution in [0.15, 0.2) is 6.20 Å². The lowest BCUT2D eigenvalue weighted by molar-refractivity contribution is 0.0725. The van der Waals surface area contributed by atoms with Crippen LogP contribution < -0.4 is 5.73 Å². The van der Waals surface area contributed by atoms with Crippen LogP contribution in [0.4, 0.5) is 5.82 Å². The monoisotopic (exact) mass is 236 g/mol. The third kappa shape index (κ3) is 2.28. The number of aromatic nitrogens is 2. The molecule has 0 saturated carbocycles. The molecule has 0 unspecified atom stereocenters. The predicted octanol–water partition coefficient (Wildman–Crippen LogP) is 1.67. The molecule has 1 aliphatic heterocycles. The summed E-state index contributed by atoms with van der Waals surface area (Å²) in [6, 6.07) is 0.179. The van der Waals surface area contributed by atoms with Crippen LogP contribution >= 0.6 is 0 Å². The largest absolute Gasteiger partial charge is 0.383 e. The minimum atomic E-state index is 0.0223. The summed E-state index contributed by atoms with van der Waals surface area (Å²) in [5.74, 6) is 0.504. The van der Waals surface area contributed by atoms with E-state index in [0.29, 0.717) is 11.4 Å². The number of likely N-dealkylation sites (tertiary alicyclic amines) is 1. The third-order valence-electron chi connectivity index (χ3n) is 3.20. The molecule has 0 aromatic carbocycles. The van der Waals surface area contributed by atoms with Gasteiger partial charge in [0.25, 0.3) is 5.91 Å². The van der Waals surface area contributed by atoms with Crippen LogP contribution in [-0.2, 0) is 0 Å². The molecule has 0 radical (unpaired) electrons. The van der Waals surface area contributed by atoms with Gasteiger partial charge in [0.15, 0.2) is 0 Å². The molecular weight excluding hydrogens is 216 g/mol. The van der Waals surface area contributed by atoms with E-state index in [4.69, 9.17) is 5.73 Å². The third-order valence-corrected chi connectivity index (χ3v) is 3.20. The van der Waals surface area contributed by atoms with E-state index in [-0.39, 0.29) is 11.9 Å². The van der Waals surface area contributed by atoms with Crippen LogP contribution in [0.2, 0.25) is 0 Å². The molecule has 94 valence electrons. The normalized spacial score (nSPS) is 16.5. The van der Waals surface area contributed by atoms with Crippen LogP contribution in [0.3, 0.4) is 0 Å². The molecule has 17 heavy (non-hydrogen) atoms. The van der Waals surface area contributed by atoms with E-state index in [1.165, 1.54) is 6.42 Å². The fraction of sp³-hybridized carbons (Fsp3) is 0.667. The van der Waals surface area contributed by atoms with E-state index in [2.05, 4.69) is 5.10 Å². The number of hydrogen-bond acceptors (Lipinski definition) is 3. The molecule has 5 heteroatoms. The first-order valence-corrected chi connectivity index (χ1v) is 6.23. The van der Waals surface area contributed by atoms with Gasteiger partial charge in [0.1, 0.15) is 11.4 Å². The Labute approximate surface area is 102 Å². The van der Waals surface area contributed by atoms with Crippen LogP contribution in [0, 0.1) is 0 Å². The van der Waals surface area contributed by atoms with Crippen LogP contribution in [0.25, 0.3) is 0 Å². The zero-order valence-corrected chi connectivity index (χ0v) is 10.5. The molecule has 1 aromatic rings. The molecule has 0 aliphatic carbocycles. The van der Waals surface area contributed by atoms with Crippen molar-refractivity contribution in [1.29, 1.82) is 0 Å². The number of carbonyl (C=O) groups excluding carboxylic acids is 1. The maximum Gasteiger partial charge on any atom is 0.259 e. The Morgan fingerprint density at radius 3 is 2.53 bits per heavy atom.